The largest absolute Gasteiger partial charge is 0.367 e. The lowest BCUT2D eigenvalue weighted by atomic mass is 10.0. The van der Waals surface area contributed by atoms with E-state index in [2.05, 4.69) is 32.7 Å². The van der Waals surface area contributed by atoms with Gasteiger partial charge in [0.25, 0.3) is 0 Å². The van der Waals surface area contributed by atoms with Crippen molar-refractivity contribution in [3.8, 4) is 0 Å². The Kier molecular flexibility index (Phi) is 3.00. The van der Waals surface area contributed by atoms with Crippen LogP contribution in [0.5, 0.6) is 0 Å². The van der Waals surface area contributed by atoms with E-state index in [1.54, 1.807) is 0 Å². The number of nitrogens with zero attached hydrogens (tertiary/aromatic N) is 1. The molecule has 0 aliphatic carbocycles. The molecule has 1 heterocycles. The van der Waals surface area contributed by atoms with E-state index < -0.39 is 0 Å². The van der Waals surface area contributed by atoms with Crippen LogP contribution in [0.25, 0.3) is 0 Å². The van der Waals surface area contributed by atoms with Gasteiger partial charge in [0.2, 0.25) is 0 Å². The lowest BCUT2D eigenvalue weighted by Crippen LogP contribution is -2.47. The summed E-state index contributed by atoms with van der Waals surface area (Å²) in [5.41, 5.74) is 5.59. The minimum absolute atomic E-state index is 0.0927. The van der Waals surface area contributed by atoms with E-state index in [0.29, 0.717) is 6.54 Å². The minimum atomic E-state index is -0.104. The molecule has 0 spiro atoms. The quantitative estimate of drug-likeness (QED) is 0.694. The van der Waals surface area contributed by atoms with Crippen molar-refractivity contribution in [1.29, 1.82) is 0 Å². The monoisotopic (exact) mass is 186 g/mol. The van der Waals surface area contributed by atoms with E-state index in [0.717, 1.165) is 19.5 Å². The van der Waals surface area contributed by atoms with E-state index in [-0.39, 0.29) is 11.2 Å². The van der Waals surface area contributed by atoms with Crippen LogP contribution in [0.3, 0.4) is 0 Å². The van der Waals surface area contributed by atoms with Gasteiger partial charge in [-0.15, -0.1) is 0 Å². The highest BCUT2D eigenvalue weighted by Gasteiger charge is 2.39. The van der Waals surface area contributed by atoms with E-state index in [1.165, 1.54) is 0 Å². The van der Waals surface area contributed by atoms with Gasteiger partial charge >= 0.3 is 0 Å². The fraction of sp³-hybridized carbons (Fsp3) is 1.00. The van der Waals surface area contributed by atoms with Crippen LogP contribution >= 0.6 is 0 Å². The Morgan fingerprint density at radius 1 is 1.46 bits per heavy atom. The van der Waals surface area contributed by atoms with Crippen molar-refractivity contribution in [2.24, 2.45) is 5.73 Å². The number of likely N-dealkylation sites (tertiary alicyclic amines) is 1. The van der Waals surface area contributed by atoms with Crippen LogP contribution < -0.4 is 5.73 Å². The molecule has 13 heavy (non-hydrogen) atoms. The van der Waals surface area contributed by atoms with Crippen molar-refractivity contribution in [2.75, 3.05) is 26.7 Å². The number of likely N-dealkylation sites (N-methyl/N-ethyl adjacent to an activating group) is 1. The first-order valence-electron chi connectivity index (χ1n) is 4.96. The van der Waals surface area contributed by atoms with Crippen LogP contribution in [0.2, 0.25) is 0 Å². The molecule has 78 valence electrons. The smallest absolute Gasteiger partial charge is 0.0949 e. The molecule has 1 aliphatic heterocycles. The van der Waals surface area contributed by atoms with Crippen molar-refractivity contribution in [2.45, 2.75) is 38.4 Å². The maximum Gasteiger partial charge on any atom is 0.0949 e. The van der Waals surface area contributed by atoms with Crippen LogP contribution in [0.4, 0.5) is 0 Å². The van der Waals surface area contributed by atoms with Gasteiger partial charge in [0.1, 0.15) is 0 Å². The summed E-state index contributed by atoms with van der Waals surface area (Å²) in [6.45, 7) is 8.93. The van der Waals surface area contributed by atoms with E-state index in [1.807, 2.05) is 0 Å². The van der Waals surface area contributed by atoms with Crippen molar-refractivity contribution in [3.05, 3.63) is 0 Å². The highest BCUT2D eigenvalue weighted by Crippen LogP contribution is 2.28. The Hall–Kier alpha value is -0.120. The first-order chi connectivity index (χ1) is 5.87. The molecule has 0 aromatic carbocycles. The fourth-order valence-electron chi connectivity index (χ4n) is 1.99. The van der Waals surface area contributed by atoms with E-state index in [9.17, 15) is 0 Å². The minimum Gasteiger partial charge on any atom is -0.367 e. The molecule has 0 saturated carbocycles. The molecule has 0 aromatic rings. The zero-order valence-electron chi connectivity index (χ0n) is 9.26. The maximum absolute atomic E-state index is 6.04. The molecule has 2 N–H and O–H groups in total. The molecule has 1 atom stereocenters. The normalized spacial score (nSPS) is 31.2. The summed E-state index contributed by atoms with van der Waals surface area (Å²) >= 11 is 0. The number of rotatable bonds is 2. The molecule has 0 radical (unpaired) electrons. The highest BCUT2D eigenvalue weighted by molar-refractivity contribution is 4.93. The molecule has 1 fully saturated rings. The lowest BCUT2D eigenvalue weighted by Gasteiger charge is -2.35. The summed E-state index contributed by atoms with van der Waals surface area (Å²) in [7, 11) is 2.11. The van der Waals surface area contributed by atoms with Crippen LogP contribution in [-0.4, -0.2) is 42.8 Å². The Labute approximate surface area is 81.2 Å². The predicted molar refractivity (Wildman–Crippen MR) is 54.7 cm³/mol. The third-order valence-electron chi connectivity index (χ3n) is 2.40. The van der Waals surface area contributed by atoms with Crippen molar-refractivity contribution in [3.63, 3.8) is 0 Å². The summed E-state index contributed by atoms with van der Waals surface area (Å²) in [4.78, 5) is 2.28. The summed E-state index contributed by atoms with van der Waals surface area (Å²) in [5, 5.41) is 0. The number of ether oxygens (including phenoxy) is 1. The van der Waals surface area contributed by atoms with Gasteiger partial charge in [0, 0.05) is 19.6 Å². The average Bonchev–Trinajstić information content (AvgIpc) is 2.29. The van der Waals surface area contributed by atoms with Gasteiger partial charge in [0.15, 0.2) is 0 Å². The van der Waals surface area contributed by atoms with E-state index in [4.69, 9.17) is 10.5 Å². The molecule has 1 rings (SSSR count). The molecule has 1 unspecified atom stereocenters. The summed E-state index contributed by atoms with van der Waals surface area (Å²) in [6.07, 6.45) is 1.05. The molecule has 3 heteroatoms. The Bertz CT molecular complexity index is 176. The summed E-state index contributed by atoms with van der Waals surface area (Å²) in [6, 6.07) is 0. The topological polar surface area (TPSA) is 38.5 Å². The second-order valence-electron chi connectivity index (χ2n) is 5.09. The Morgan fingerprint density at radius 3 is 2.38 bits per heavy atom. The molecule has 0 bridgehead atoms. The maximum atomic E-state index is 6.04. The van der Waals surface area contributed by atoms with Crippen molar-refractivity contribution >= 4 is 0 Å². The summed E-state index contributed by atoms with van der Waals surface area (Å²) in [5.74, 6) is 0. The van der Waals surface area contributed by atoms with Crippen LogP contribution in [0, 0.1) is 0 Å². The molecular formula is C10H22N2O. The number of hydrogen-bond acceptors (Lipinski definition) is 3. The van der Waals surface area contributed by atoms with Crippen molar-refractivity contribution in [1.82, 2.24) is 4.90 Å². The second-order valence-corrected chi connectivity index (χ2v) is 5.09. The Morgan fingerprint density at radius 2 is 2.08 bits per heavy atom. The molecular weight excluding hydrogens is 164 g/mol. The number of hydrogen-bond donors (Lipinski definition) is 1. The molecule has 1 saturated heterocycles. The third-order valence-corrected chi connectivity index (χ3v) is 2.40. The number of nitrogens with two attached hydrogens (primary N) is 1. The highest BCUT2D eigenvalue weighted by atomic mass is 16.5. The van der Waals surface area contributed by atoms with Gasteiger partial charge in [-0.05, 0) is 34.2 Å². The van der Waals surface area contributed by atoms with Gasteiger partial charge in [0.05, 0.1) is 11.2 Å². The first kappa shape index (κ1) is 11.0. The van der Waals surface area contributed by atoms with Crippen molar-refractivity contribution < 1.29 is 4.74 Å². The lowest BCUT2D eigenvalue weighted by molar-refractivity contribution is -0.119. The zero-order valence-corrected chi connectivity index (χ0v) is 9.26. The Balaban J connectivity index is 2.61. The van der Waals surface area contributed by atoms with E-state index >= 15 is 0 Å². The van der Waals surface area contributed by atoms with Crippen LogP contribution in [0.1, 0.15) is 27.2 Å². The third kappa shape index (κ3) is 2.93. The second kappa shape index (κ2) is 3.56. The molecule has 0 aromatic heterocycles. The van der Waals surface area contributed by atoms with Gasteiger partial charge in [-0.1, -0.05) is 0 Å². The first-order valence-corrected chi connectivity index (χ1v) is 4.96. The fourth-order valence-corrected chi connectivity index (χ4v) is 1.99. The van der Waals surface area contributed by atoms with Gasteiger partial charge in [-0.2, -0.15) is 0 Å². The molecule has 1 aliphatic rings. The van der Waals surface area contributed by atoms with Gasteiger partial charge in [-0.25, -0.2) is 0 Å². The SMILES string of the molecule is CN1CCC(CN)(OC(C)(C)C)C1. The predicted octanol–water partition coefficient (Wildman–Crippen LogP) is 0.834. The zero-order chi connectivity index (χ0) is 10.1. The summed E-state index contributed by atoms with van der Waals surface area (Å²) < 4.78 is 6.04. The standard InChI is InChI=1S/C10H22N2O/c1-9(2,3)13-10(7-11)5-6-12(4)8-10/h5-8,11H2,1-4H3. The molecule has 3 nitrogen and oxygen atoms in total. The average molecular weight is 186 g/mol. The van der Waals surface area contributed by atoms with Gasteiger partial charge < -0.3 is 15.4 Å². The van der Waals surface area contributed by atoms with Crippen LogP contribution in [-0.2, 0) is 4.74 Å². The molecule has 0 amide bonds. The van der Waals surface area contributed by atoms with Crippen LogP contribution in [0.15, 0.2) is 0 Å². The van der Waals surface area contributed by atoms with Gasteiger partial charge in [-0.3, -0.25) is 0 Å².